The molecule has 0 unspecified atom stereocenters. The van der Waals surface area contributed by atoms with E-state index in [-0.39, 0.29) is 33.9 Å². The van der Waals surface area contributed by atoms with Gasteiger partial charge in [-0.05, 0) is 69.2 Å². The highest BCUT2D eigenvalue weighted by atomic mass is 16.3. The highest BCUT2D eigenvalue weighted by Gasteiger charge is 2.37. The smallest absolute Gasteiger partial charge is 0.153 e. The number of aldehydes is 3. The number of phenolic OH excluding ortho intramolecular Hbond substituents is 3. The first kappa shape index (κ1) is 38.1. The number of hydrogen-bond donors (Lipinski definition) is 3. The molecule has 0 aliphatic carbocycles. The lowest BCUT2D eigenvalue weighted by molar-refractivity contribution is 0.111. The number of benzene rings is 4. The zero-order chi connectivity index (χ0) is 37.8. The second-order valence-electron chi connectivity index (χ2n) is 17.3. The fourth-order valence-electron chi connectivity index (χ4n) is 6.78. The van der Waals surface area contributed by atoms with Crippen molar-refractivity contribution in [1.82, 2.24) is 0 Å². The van der Waals surface area contributed by atoms with Crippen molar-refractivity contribution in [1.29, 1.82) is 0 Å². The Hall–Kier alpha value is -4.71. The van der Waals surface area contributed by atoms with E-state index >= 15 is 0 Å². The van der Waals surface area contributed by atoms with Crippen LogP contribution >= 0.6 is 0 Å². The topological polar surface area (TPSA) is 112 Å². The molecule has 6 heteroatoms. The average Bonchev–Trinajstić information content (AvgIpc) is 3.02. The Morgan fingerprint density at radius 1 is 0.400 bits per heavy atom. The predicted molar refractivity (Wildman–Crippen MR) is 201 cm³/mol. The molecule has 0 aliphatic heterocycles. The SMILES string of the molecule is CC(C)(C)c1cc(C(C)(C)c2ccc(C(C)(c3cc(C=O)c(O)c(C(C)(C)C)c3)c3cc(C=O)c(O)c(C(C)(C)C)c3)cc2)cc(C=O)c1O. The number of carbonyl (C=O) groups is 3. The molecule has 6 nitrogen and oxygen atoms in total. The van der Waals surface area contributed by atoms with Gasteiger partial charge in [0.2, 0.25) is 0 Å². The van der Waals surface area contributed by atoms with E-state index in [1.807, 2.05) is 112 Å². The second-order valence-corrected chi connectivity index (χ2v) is 17.3. The highest BCUT2D eigenvalue weighted by molar-refractivity contribution is 5.83. The first-order chi connectivity index (χ1) is 22.9. The molecule has 4 aromatic rings. The van der Waals surface area contributed by atoms with Crippen LogP contribution in [0.5, 0.6) is 17.2 Å². The van der Waals surface area contributed by atoms with E-state index in [1.54, 1.807) is 18.2 Å². The van der Waals surface area contributed by atoms with Crippen LogP contribution in [0.2, 0.25) is 0 Å². The monoisotopic (exact) mass is 676 g/mol. The third kappa shape index (κ3) is 6.73. The molecule has 4 aromatic carbocycles. The minimum Gasteiger partial charge on any atom is -0.507 e. The van der Waals surface area contributed by atoms with Crippen molar-refractivity contribution >= 4 is 18.9 Å². The number of carbonyl (C=O) groups excluding carboxylic acids is 3. The van der Waals surface area contributed by atoms with Crippen LogP contribution in [0, 0.1) is 0 Å². The molecular formula is C44H52O6. The van der Waals surface area contributed by atoms with Gasteiger partial charge in [-0.1, -0.05) is 119 Å². The second kappa shape index (κ2) is 12.9. The molecule has 0 fully saturated rings. The summed E-state index contributed by atoms with van der Waals surface area (Å²) < 4.78 is 0. The molecular weight excluding hydrogens is 624 g/mol. The predicted octanol–water partition coefficient (Wildman–Crippen LogP) is 9.81. The first-order valence-corrected chi connectivity index (χ1v) is 17.0. The molecule has 0 bridgehead atoms. The Morgan fingerprint density at radius 3 is 0.980 bits per heavy atom. The zero-order valence-corrected chi connectivity index (χ0v) is 31.6. The summed E-state index contributed by atoms with van der Waals surface area (Å²) in [5, 5.41) is 33.1. The van der Waals surface area contributed by atoms with Crippen LogP contribution in [0.1, 0.15) is 159 Å². The van der Waals surface area contributed by atoms with Crippen LogP contribution in [-0.2, 0) is 27.1 Å². The maximum absolute atomic E-state index is 12.4. The fraction of sp³-hybridized carbons (Fsp3) is 0.386. The van der Waals surface area contributed by atoms with E-state index < -0.39 is 27.1 Å². The van der Waals surface area contributed by atoms with E-state index in [0.29, 0.717) is 35.5 Å². The van der Waals surface area contributed by atoms with Crippen molar-refractivity contribution in [3.05, 3.63) is 122 Å². The van der Waals surface area contributed by atoms with E-state index in [9.17, 15) is 29.7 Å². The van der Waals surface area contributed by atoms with Crippen molar-refractivity contribution in [2.24, 2.45) is 0 Å². The summed E-state index contributed by atoms with van der Waals surface area (Å²) in [6.45, 7) is 24.0. The molecule has 0 aromatic heterocycles. The number of rotatable bonds is 8. The van der Waals surface area contributed by atoms with Crippen LogP contribution in [0.15, 0.2) is 60.7 Å². The number of phenols is 3. The molecule has 50 heavy (non-hydrogen) atoms. The van der Waals surface area contributed by atoms with E-state index in [1.165, 1.54) is 0 Å². The average molecular weight is 677 g/mol. The molecule has 0 radical (unpaired) electrons. The molecule has 0 aliphatic rings. The summed E-state index contributed by atoms with van der Waals surface area (Å²) in [4.78, 5) is 36.7. The van der Waals surface area contributed by atoms with Crippen molar-refractivity contribution < 1.29 is 29.7 Å². The molecule has 264 valence electrons. The van der Waals surface area contributed by atoms with Crippen LogP contribution in [0.4, 0.5) is 0 Å². The van der Waals surface area contributed by atoms with Crippen molar-refractivity contribution in [2.45, 2.75) is 110 Å². The highest BCUT2D eigenvalue weighted by Crippen LogP contribution is 2.47. The van der Waals surface area contributed by atoms with Gasteiger partial charge in [-0.25, -0.2) is 0 Å². The molecule has 3 N–H and O–H groups in total. The maximum Gasteiger partial charge on any atom is 0.153 e. The minimum absolute atomic E-state index is 0.00500. The van der Waals surface area contributed by atoms with Crippen LogP contribution in [-0.4, -0.2) is 34.2 Å². The quantitative estimate of drug-likeness (QED) is 0.127. The summed E-state index contributed by atoms with van der Waals surface area (Å²) >= 11 is 0. The zero-order valence-electron chi connectivity index (χ0n) is 31.6. The van der Waals surface area contributed by atoms with Crippen LogP contribution in [0.25, 0.3) is 0 Å². The third-order valence-corrected chi connectivity index (χ3v) is 10.3. The lowest BCUT2D eigenvalue weighted by Crippen LogP contribution is -2.28. The number of hydrogen-bond acceptors (Lipinski definition) is 6. The van der Waals surface area contributed by atoms with Crippen molar-refractivity contribution in [3.8, 4) is 17.2 Å². The third-order valence-electron chi connectivity index (χ3n) is 10.3. The summed E-state index contributed by atoms with van der Waals surface area (Å²) in [5.74, 6) is -0.137. The van der Waals surface area contributed by atoms with Gasteiger partial charge in [0.15, 0.2) is 18.9 Å². The number of aromatic hydroxyl groups is 3. The van der Waals surface area contributed by atoms with Crippen LogP contribution < -0.4 is 0 Å². The lowest BCUT2D eigenvalue weighted by Gasteiger charge is -2.36. The molecule has 0 heterocycles. The van der Waals surface area contributed by atoms with Crippen LogP contribution in [0.3, 0.4) is 0 Å². The maximum atomic E-state index is 12.4. The van der Waals surface area contributed by atoms with Gasteiger partial charge in [-0.2, -0.15) is 0 Å². The molecule has 0 saturated heterocycles. The minimum atomic E-state index is -0.956. The van der Waals surface area contributed by atoms with Gasteiger partial charge in [-0.15, -0.1) is 0 Å². The Labute approximate surface area is 297 Å². The molecule has 4 rings (SSSR count). The summed E-state index contributed by atoms with van der Waals surface area (Å²) in [7, 11) is 0. The van der Waals surface area contributed by atoms with Gasteiger partial charge in [0, 0.05) is 27.5 Å². The first-order valence-electron chi connectivity index (χ1n) is 17.0. The van der Waals surface area contributed by atoms with Gasteiger partial charge in [0.05, 0.1) is 16.7 Å². The van der Waals surface area contributed by atoms with Gasteiger partial charge in [-0.3, -0.25) is 14.4 Å². The van der Waals surface area contributed by atoms with E-state index in [4.69, 9.17) is 0 Å². The molecule has 0 spiro atoms. The Morgan fingerprint density at radius 2 is 0.680 bits per heavy atom. The van der Waals surface area contributed by atoms with Gasteiger partial charge < -0.3 is 15.3 Å². The van der Waals surface area contributed by atoms with Gasteiger partial charge in [0.25, 0.3) is 0 Å². The van der Waals surface area contributed by atoms with Crippen molar-refractivity contribution in [3.63, 3.8) is 0 Å². The standard InChI is InChI=1S/C44H52O6/c1-40(2,3)34-20-31(17-26(23-45)37(34)48)43(10,11)29-13-15-30(16-14-29)44(12,32-18-27(24-46)38(49)35(21-32)41(4,5)6)33-19-28(25-47)39(50)36(22-33)42(7,8)9/h13-25,48-50H,1-12H3. The summed E-state index contributed by atoms with van der Waals surface area (Å²) in [5.41, 5.74) is 3.74. The molecule has 0 atom stereocenters. The summed E-state index contributed by atoms with van der Waals surface area (Å²) in [6, 6.07) is 19.1. The fourth-order valence-corrected chi connectivity index (χ4v) is 6.78. The normalized spacial score (nSPS) is 12.9. The Balaban J connectivity index is 2.05. The molecule has 0 saturated carbocycles. The Bertz CT molecular complexity index is 1880. The van der Waals surface area contributed by atoms with Gasteiger partial charge in [0.1, 0.15) is 17.2 Å². The van der Waals surface area contributed by atoms with Gasteiger partial charge >= 0.3 is 0 Å². The largest absolute Gasteiger partial charge is 0.507 e. The lowest BCUT2D eigenvalue weighted by atomic mass is 9.67. The van der Waals surface area contributed by atoms with Crippen molar-refractivity contribution in [2.75, 3.05) is 0 Å². The van der Waals surface area contributed by atoms with E-state index in [2.05, 4.69) is 13.8 Å². The molecule has 0 amide bonds. The summed E-state index contributed by atoms with van der Waals surface area (Å²) in [6.07, 6.45) is 2.00. The Kier molecular flexibility index (Phi) is 9.81. The van der Waals surface area contributed by atoms with E-state index in [0.717, 1.165) is 27.8 Å².